The molecule has 0 saturated heterocycles. The van der Waals surface area contributed by atoms with E-state index in [1.54, 1.807) is 10.9 Å². The molecule has 1 N–H and O–H groups in total. The van der Waals surface area contributed by atoms with Crippen LogP contribution in [0.5, 0.6) is 17.2 Å². The molecule has 11 nitrogen and oxygen atoms in total. The zero-order valence-electron chi connectivity index (χ0n) is 22.4. The maximum Gasteiger partial charge on any atom is 0.252 e. The SMILES string of the molecule is CCOc1ccc2[nH]c(=O)c(CN(Cc3ccc4c(c3)OCO4)[C@H](CC)c3nnnn3Cc3ccco3)cc2c1. The normalized spacial score (nSPS) is 13.3. The van der Waals surface area contributed by atoms with E-state index in [4.69, 9.17) is 18.6 Å². The van der Waals surface area contributed by atoms with Gasteiger partial charge in [-0.25, -0.2) is 4.68 Å². The highest BCUT2D eigenvalue weighted by molar-refractivity contribution is 5.80. The third-order valence-electron chi connectivity index (χ3n) is 6.97. The van der Waals surface area contributed by atoms with Crippen molar-refractivity contribution in [2.75, 3.05) is 13.4 Å². The fourth-order valence-electron chi connectivity index (χ4n) is 5.09. The van der Waals surface area contributed by atoms with E-state index in [1.165, 1.54) is 0 Å². The predicted octanol–water partition coefficient (Wildman–Crippen LogP) is 4.44. The summed E-state index contributed by atoms with van der Waals surface area (Å²) in [6, 6.07) is 17.0. The maximum atomic E-state index is 13.3. The molecule has 0 spiro atoms. The first kappa shape index (κ1) is 25.6. The summed E-state index contributed by atoms with van der Waals surface area (Å²) in [5, 5.41) is 13.5. The summed E-state index contributed by atoms with van der Waals surface area (Å²) in [7, 11) is 0. The van der Waals surface area contributed by atoms with Gasteiger partial charge in [0, 0.05) is 29.6 Å². The summed E-state index contributed by atoms with van der Waals surface area (Å²) in [5.74, 6) is 3.63. The Kier molecular flexibility index (Phi) is 7.19. The molecule has 0 amide bonds. The second-order valence-electron chi connectivity index (χ2n) is 9.60. The van der Waals surface area contributed by atoms with E-state index in [0.717, 1.165) is 33.7 Å². The van der Waals surface area contributed by atoms with Crippen molar-refractivity contribution in [1.82, 2.24) is 30.1 Å². The standard InChI is InChI=1S/C29H30N6O5/c1-3-25(28-31-32-33-35(28)17-23-6-5-11-38-23)34(15-19-7-10-26-27(12-19)40-18-39-26)16-21-13-20-14-22(37-4-2)8-9-24(20)30-29(21)36/h5-14,25H,3-4,15-18H2,1-2H3,(H,30,36)/t25-/m1/s1. The Morgan fingerprint density at radius 3 is 2.80 bits per heavy atom. The molecule has 1 aliphatic heterocycles. The van der Waals surface area contributed by atoms with Crippen LogP contribution in [0.15, 0.2) is 70.1 Å². The van der Waals surface area contributed by atoms with E-state index in [9.17, 15) is 4.79 Å². The second-order valence-corrected chi connectivity index (χ2v) is 9.60. The third-order valence-corrected chi connectivity index (χ3v) is 6.97. The van der Waals surface area contributed by atoms with Gasteiger partial charge >= 0.3 is 0 Å². The minimum absolute atomic E-state index is 0.141. The molecule has 40 heavy (non-hydrogen) atoms. The zero-order chi connectivity index (χ0) is 27.5. The number of fused-ring (bicyclic) bond motifs is 2. The van der Waals surface area contributed by atoms with Crippen LogP contribution in [0.3, 0.4) is 0 Å². The largest absolute Gasteiger partial charge is 0.494 e. The van der Waals surface area contributed by atoms with E-state index in [0.29, 0.717) is 49.8 Å². The summed E-state index contributed by atoms with van der Waals surface area (Å²) in [5.41, 5.74) is 2.26. The first-order chi connectivity index (χ1) is 19.6. The maximum absolute atomic E-state index is 13.3. The summed E-state index contributed by atoms with van der Waals surface area (Å²) in [6.07, 6.45) is 2.34. The van der Waals surface area contributed by atoms with Crippen LogP contribution in [-0.2, 0) is 19.6 Å². The Bertz CT molecular complexity index is 1660. The van der Waals surface area contributed by atoms with Gasteiger partial charge in [-0.15, -0.1) is 5.10 Å². The van der Waals surface area contributed by atoms with Crippen molar-refractivity contribution >= 4 is 10.9 Å². The number of aromatic nitrogens is 5. The monoisotopic (exact) mass is 542 g/mol. The van der Waals surface area contributed by atoms with Crippen molar-refractivity contribution in [3.63, 3.8) is 0 Å². The molecule has 1 atom stereocenters. The second kappa shape index (κ2) is 11.2. The van der Waals surface area contributed by atoms with Crippen molar-refractivity contribution in [3.8, 4) is 17.2 Å². The molecule has 0 bridgehead atoms. The number of tetrazole rings is 1. The highest BCUT2D eigenvalue weighted by Crippen LogP contribution is 2.34. The van der Waals surface area contributed by atoms with Crippen molar-refractivity contribution < 1.29 is 18.6 Å². The van der Waals surface area contributed by atoms with Crippen LogP contribution < -0.4 is 19.8 Å². The summed E-state index contributed by atoms with van der Waals surface area (Å²) < 4.78 is 24.1. The van der Waals surface area contributed by atoms with Crippen molar-refractivity contribution in [3.05, 3.63) is 93.9 Å². The highest BCUT2D eigenvalue weighted by atomic mass is 16.7. The van der Waals surface area contributed by atoms with Gasteiger partial charge in [0.15, 0.2) is 17.3 Å². The molecular weight excluding hydrogens is 512 g/mol. The molecule has 11 heteroatoms. The number of hydrogen-bond donors (Lipinski definition) is 1. The molecule has 4 heterocycles. The van der Waals surface area contributed by atoms with Crippen LogP contribution in [0, 0.1) is 0 Å². The van der Waals surface area contributed by atoms with E-state index in [2.05, 4.69) is 32.3 Å². The van der Waals surface area contributed by atoms with Crippen LogP contribution in [0.1, 0.15) is 49.0 Å². The Hall–Kier alpha value is -4.64. The molecule has 206 valence electrons. The Morgan fingerprint density at radius 1 is 1.07 bits per heavy atom. The molecular formula is C29H30N6O5. The molecule has 1 aliphatic rings. The quantitative estimate of drug-likeness (QED) is 0.258. The van der Waals surface area contributed by atoms with Crippen molar-refractivity contribution in [2.24, 2.45) is 0 Å². The lowest BCUT2D eigenvalue weighted by molar-refractivity contribution is 0.160. The molecule has 2 aromatic carbocycles. The van der Waals surface area contributed by atoms with Gasteiger partial charge in [-0.05, 0) is 77.9 Å². The molecule has 3 aromatic heterocycles. The number of rotatable bonds is 11. The lowest BCUT2D eigenvalue weighted by Crippen LogP contribution is -2.32. The first-order valence-corrected chi connectivity index (χ1v) is 13.3. The molecule has 6 rings (SSSR count). The number of pyridine rings is 1. The van der Waals surface area contributed by atoms with Crippen LogP contribution in [-0.4, -0.2) is 43.5 Å². The fraction of sp³-hybridized carbons (Fsp3) is 0.310. The van der Waals surface area contributed by atoms with E-state index in [-0.39, 0.29) is 18.4 Å². The van der Waals surface area contributed by atoms with Gasteiger partial charge in [0.2, 0.25) is 6.79 Å². The average Bonchev–Trinajstić information content (AvgIpc) is 3.73. The van der Waals surface area contributed by atoms with E-state index < -0.39 is 0 Å². The van der Waals surface area contributed by atoms with E-state index in [1.807, 2.05) is 61.5 Å². The molecule has 0 radical (unpaired) electrons. The van der Waals surface area contributed by atoms with Crippen LogP contribution in [0.25, 0.3) is 10.9 Å². The Morgan fingerprint density at radius 2 is 1.98 bits per heavy atom. The van der Waals surface area contributed by atoms with E-state index >= 15 is 0 Å². The molecule has 0 saturated carbocycles. The van der Waals surface area contributed by atoms with Gasteiger partial charge in [-0.1, -0.05) is 13.0 Å². The molecule has 0 aliphatic carbocycles. The number of nitrogens with one attached hydrogen (secondary N) is 1. The topological polar surface area (TPSA) is 121 Å². The minimum Gasteiger partial charge on any atom is -0.494 e. The lowest BCUT2D eigenvalue weighted by Gasteiger charge is -2.30. The Balaban J connectivity index is 1.37. The van der Waals surface area contributed by atoms with Crippen LogP contribution in [0.4, 0.5) is 0 Å². The zero-order valence-corrected chi connectivity index (χ0v) is 22.4. The van der Waals surface area contributed by atoms with Gasteiger partial charge in [-0.2, -0.15) is 0 Å². The highest BCUT2D eigenvalue weighted by Gasteiger charge is 2.27. The number of benzene rings is 2. The molecule has 0 unspecified atom stereocenters. The smallest absolute Gasteiger partial charge is 0.252 e. The number of furan rings is 1. The molecule has 0 fully saturated rings. The van der Waals surface area contributed by atoms with Gasteiger partial charge in [-0.3, -0.25) is 9.69 Å². The third kappa shape index (κ3) is 5.28. The van der Waals surface area contributed by atoms with Gasteiger partial charge in [0.05, 0.1) is 18.9 Å². The summed E-state index contributed by atoms with van der Waals surface area (Å²) in [4.78, 5) is 18.5. The first-order valence-electron chi connectivity index (χ1n) is 13.3. The minimum atomic E-state index is -0.194. The van der Waals surface area contributed by atoms with Gasteiger partial charge in [0.1, 0.15) is 18.1 Å². The van der Waals surface area contributed by atoms with Crippen LogP contribution >= 0.6 is 0 Å². The summed E-state index contributed by atoms with van der Waals surface area (Å²) in [6.45, 7) is 6.10. The number of nitrogens with zero attached hydrogens (tertiary/aromatic N) is 5. The molecule has 5 aromatic rings. The van der Waals surface area contributed by atoms with Gasteiger partial charge < -0.3 is 23.6 Å². The van der Waals surface area contributed by atoms with Crippen molar-refractivity contribution in [2.45, 2.75) is 45.9 Å². The summed E-state index contributed by atoms with van der Waals surface area (Å²) >= 11 is 0. The van der Waals surface area contributed by atoms with Crippen molar-refractivity contribution in [1.29, 1.82) is 0 Å². The van der Waals surface area contributed by atoms with Crippen LogP contribution in [0.2, 0.25) is 0 Å². The van der Waals surface area contributed by atoms with Gasteiger partial charge in [0.25, 0.3) is 5.56 Å². The number of H-pyrrole nitrogens is 1. The average molecular weight is 543 g/mol. The number of hydrogen-bond acceptors (Lipinski definition) is 9. The fourth-order valence-corrected chi connectivity index (χ4v) is 5.09. The number of ether oxygens (including phenoxy) is 3. The Labute approximate surface area is 230 Å². The number of aromatic amines is 1. The lowest BCUT2D eigenvalue weighted by atomic mass is 10.1. The predicted molar refractivity (Wildman–Crippen MR) is 146 cm³/mol.